The molecule has 2 aliphatic heterocycles. The van der Waals surface area contributed by atoms with E-state index in [2.05, 4.69) is 10.6 Å². The van der Waals surface area contributed by atoms with Crippen LogP contribution in [-0.2, 0) is 39.8 Å². The average molecular weight is 718 g/mol. The number of aryl methyl sites for hydroxylation is 1. The molecule has 1 unspecified atom stereocenters. The Kier molecular flexibility index (Phi) is 12.8. The largest absolute Gasteiger partial charge is 0.495 e. The van der Waals surface area contributed by atoms with E-state index in [9.17, 15) is 19.2 Å². The Morgan fingerprint density at radius 1 is 1.02 bits per heavy atom. The van der Waals surface area contributed by atoms with Gasteiger partial charge in [0.1, 0.15) is 24.0 Å². The minimum Gasteiger partial charge on any atom is -0.495 e. The van der Waals surface area contributed by atoms with Crippen LogP contribution in [0.3, 0.4) is 0 Å². The summed E-state index contributed by atoms with van der Waals surface area (Å²) >= 11 is 12.5. The van der Waals surface area contributed by atoms with Crippen LogP contribution in [0.25, 0.3) is 0 Å². The zero-order valence-electron chi connectivity index (χ0n) is 29.0. The maximum atomic E-state index is 13.7. The lowest BCUT2D eigenvalue weighted by Gasteiger charge is -2.29. The number of carbonyl (C=O) groups excluding carboxylic acids is 4. The number of methoxy groups -OCH3 is 1. The van der Waals surface area contributed by atoms with E-state index in [1.54, 1.807) is 38.1 Å². The number of cyclic esters (lactones) is 2. The molecule has 2 aliphatic rings. The molecule has 2 aromatic carbocycles. The summed E-state index contributed by atoms with van der Waals surface area (Å²) in [6.45, 7) is 10.8. The van der Waals surface area contributed by atoms with E-state index < -0.39 is 47.4 Å². The van der Waals surface area contributed by atoms with Gasteiger partial charge in [0.25, 0.3) is 0 Å². The molecule has 2 heterocycles. The van der Waals surface area contributed by atoms with Crippen LogP contribution >= 0.6 is 23.2 Å². The quantitative estimate of drug-likeness (QED) is 0.248. The second-order valence-electron chi connectivity index (χ2n) is 13.9. The van der Waals surface area contributed by atoms with Gasteiger partial charge in [-0.25, -0.2) is 4.79 Å². The first-order valence-corrected chi connectivity index (χ1v) is 17.3. The van der Waals surface area contributed by atoms with Crippen LogP contribution in [0.4, 0.5) is 0 Å². The number of hydrogen-bond acceptors (Lipinski definition) is 8. The SMILES string of the molecule is COc1ccc(C[C@H]2NC(=O)C=CC[C@@H]([C@H](C)[C@H]3OC3c3ccc(Cl)cc3C)OC(=O)[C@H](CC(C)C)OC(=O)C(C)(C)CNC2=O)cc1Cl. The number of esters is 2. The molecule has 0 radical (unpaired) electrons. The second-order valence-corrected chi connectivity index (χ2v) is 14.7. The summed E-state index contributed by atoms with van der Waals surface area (Å²) in [5, 5.41) is 6.53. The van der Waals surface area contributed by atoms with Gasteiger partial charge in [0.15, 0.2) is 6.10 Å². The first-order valence-electron chi connectivity index (χ1n) is 16.5. The molecule has 1 fully saturated rings. The van der Waals surface area contributed by atoms with Crippen molar-refractivity contribution in [3.8, 4) is 5.75 Å². The number of nitrogens with one attached hydrogen (secondary N) is 2. The fraction of sp³-hybridized carbons (Fsp3) is 0.514. The molecule has 2 N–H and O–H groups in total. The third-order valence-corrected chi connectivity index (χ3v) is 9.35. The number of epoxide rings is 1. The lowest BCUT2D eigenvalue weighted by molar-refractivity contribution is -0.179. The van der Waals surface area contributed by atoms with Gasteiger partial charge in [-0.2, -0.15) is 0 Å². The van der Waals surface area contributed by atoms with Crippen LogP contribution < -0.4 is 15.4 Å². The number of carbonyl (C=O) groups is 4. The van der Waals surface area contributed by atoms with Crippen LogP contribution in [0.15, 0.2) is 48.6 Å². The van der Waals surface area contributed by atoms with Crippen LogP contribution in [0.5, 0.6) is 5.75 Å². The first kappa shape index (κ1) is 38.2. The molecule has 12 heteroatoms. The predicted octanol–water partition coefficient (Wildman–Crippen LogP) is 6.09. The van der Waals surface area contributed by atoms with Gasteiger partial charge in [-0.1, -0.05) is 62.2 Å². The fourth-order valence-corrected chi connectivity index (χ4v) is 6.27. The van der Waals surface area contributed by atoms with Crippen LogP contribution in [0, 0.1) is 24.2 Å². The van der Waals surface area contributed by atoms with Crippen molar-refractivity contribution in [1.82, 2.24) is 10.6 Å². The summed E-state index contributed by atoms with van der Waals surface area (Å²) in [6, 6.07) is 9.73. The highest BCUT2D eigenvalue weighted by atomic mass is 35.5. The Morgan fingerprint density at radius 3 is 2.41 bits per heavy atom. The van der Waals surface area contributed by atoms with E-state index in [-0.39, 0.29) is 49.9 Å². The number of ether oxygens (including phenoxy) is 4. The van der Waals surface area contributed by atoms with Crippen molar-refractivity contribution in [2.45, 2.75) is 91.3 Å². The van der Waals surface area contributed by atoms with Gasteiger partial charge >= 0.3 is 11.9 Å². The van der Waals surface area contributed by atoms with Crippen molar-refractivity contribution in [1.29, 1.82) is 0 Å². The normalized spacial score (nSPS) is 25.6. The maximum absolute atomic E-state index is 13.7. The molecular weight excluding hydrogens is 671 g/mol. The van der Waals surface area contributed by atoms with Gasteiger partial charge in [-0.05, 0) is 80.1 Å². The number of hydrogen-bond donors (Lipinski definition) is 2. The topological polar surface area (TPSA) is 133 Å². The molecule has 0 saturated carbocycles. The van der Waals surface area contributed by atoms with Crippen molar-refractivity contribution in [3.63, 3.8) is 0 Å². The van der Waals surface area contributed by atoms with Gasteiger partial charge in [0.05, 0.1) is 23.7 Å². The Hall–Kier alpha value is -3.60. The molecule has 6 atom stereocenters. The lowest BCUT2D eigenvalue weighted by Crippen LogP contribution is -2.51. The average Bonchev–Trinajstić information content (AvgIpc) is 3.82. The number of amides is 2. The number of halogens is 2. The molecule has 4 rings (SSSR count). The van der Waals surface area contributed by atoms with Crippen molar-refractivity contribution < 1.29 is 38.1 Å². The van der Waals surface area contributed by atoms with E-state index in [1.165, 1.54) is 13.2 Å². The molecule has 0 aliphatic carbocycles. The number of rotatable bonds is 8. The summed E-state index contributed by atoms with van der Waals surface area (Å²) in [6.07, 6.45) is 1.11. The molecule has 0 bridgehead atoms. The van der Waals surface area contributed by atoms with Crippen molar-refractivity contribution in [2.24, 2.45) is 17.3 Å². The van der Waals surface area contributed by atoms with Gasteiger partial charge < -0.3 is 29.6 Å². The van der Waals surface area contributed by atoms with Crippen LogP contribution in [0.1, 0.15) is 70.3 Å². The standard InChI is InChI=1S/C37H46Cl2N2O8/c1-20(2)15-30-35(44)47-28(22(4)32-33(49-32)25-13-12-24(38)16-21(25)3)9-8-10-31(42)41-27(18-23-11-14-29(46-7)26(39)17-23)34(43)40-19-37(5,6)36(45)48-30/h8,10-14,16-17,20,22,27-28,30,32-33H,9,15,18-19H2,1-7H3,(H,40,43)(H,41,42)/t22-,27+,28-,30-,32+,33?/m0/s1. The minimum atomic E-state index is -1.21. The molecule has 2 amide bonds. The Morgan fingerprint density at radius 2 is 1.76 bits per heavy atom. The molecular formula is C37H46Cl2N2O8. The number of benzene rings is 2. The fourth-order valence-electron chi connectivity index (χ4n) is 5.76. The molecule has 10 nitrogen and oxygen atoms in total. The Balaban J connectivity index is 1.62. The maximum Gasteiger partial charge on any atom is 0.347 e. The van der Waals surface area contributed by atoms with E-state index in [0.717, 1.165) is 11.1 Å². The first-order chi connectivity index (χ1) is 23.1. The van der Waals surface area contributed by atoms with Crippen molar-refractivity contribution in [2.75, 3.05) is 13.7 Å². The summed E-state index contributed by atoms with van der Waals surface area (Å²) in [7, 11) is 1.50. The molecule has 266 valence electrons. The summed E-state index contributed by atoms with van der Waals surface area (Å²) < 4.78 is 23.2. The van der Waals surface area contributed by atoms with Crippen LogP contribution in [-0.4, -0.2) is 61.8 Å². The zero-order chi connectivity index (χ0) is 36.0. The van der Waals surface area contributed by atoms with E-state index in [1.807, 2.05) is 45.9 Å². The van der Waals surface area contributed by atoms with Gasteiger partial charge in [-0.3, -0.25) is 14.4 Å². The van der Waals surface area contributed by atoms with Gasteiger partial charge in [0, 0.05) is 30.3 Å². The molecule has 1 saturated heterocycles. The highest BCUT2D eigenvalue weighted by Gasteiger charge is 2.48. The monoisotopic (exact) mass is 716 g/mol. The molecule has 49 heavy (non-hydrogen) atoms. The highest BCUT2D eigenvalue weighted by molar-refractivity contribution is 6.32. The van der Waals surface area contributed by atoms with Crippen molar-refractivity contribution >= 4 is 47.0 Å². The van der Waals surface area contributed by atoms with Gasteiger partial charge in [0.2, 0.25) is 11.8 Å². The second kappa shape index (κ2) is 16.4. The van der Waals surface area contributed by atoms with Gasteiger partial charge in [-0.15, -0.1) is 0 Å². The third-order valence-electron chi connectivity index (χ3n) is 8.82. The van der Waals surface area contributed by atoms with Crippen LogP contribution in [0.2, 0.25) is 10.0 Å². The van der Waals surface area contributed by atoms with Crippen molar-refractivity contribution in [3.05, 3.63) is 75.3 Å². The third kappa shape index (κ3) is 10.2. The minimum absolute atomic E-state index is 0.00877. The lowest BCUT2D eigenvalue weighted by atomic mass is 9.92. The zero-order valence-corrected chi connectivity index (χ0v) is 30.5. The summed E-state index contributed by atoms with van der Waals surface area (Å²) in [4.78, 5) is 53.8. The molecule has 0 aromatic heterocycles. The van der Waals surface area contributed by atoms with E-state index in [0.29, 0.717) is 21.4 Å². The summed E-state index contributed by atoms with van der Waals surface area (Å²) in [5.41, 5.74) is 1.46. The van der Waals surface area contributed by atoms with E-state index in [4.69, 9.17) is 42.1 Å². The highest BCUT2D eigenvalue weighted by Crippen LogP contribution is 2.46. The smallest absolute Gasteiger partial charge is 0.347 e. The predicted molar refractivity (Wildman–Crippen MR) is 186 cm³/mol. The van der Waals surface area contributed by atoms with E-state index >= 15 is 0 Å². The molecule has 2 aromatic rings. The summed E-state index contributed by atoms with van der Waals surface area (Å²) in [5.74, 6) is -2.17. The Bertz CT molecular complexity index is 1580. The molecule has 0 spiro atoms. The Labute approximate surface area is 298 Å².